The summed E-state index contributed by atoms with van der Waals surface area (Å²) in [6, 6.07) is 4.92. The molecule has 0 aliphatic carbocycles. The third kappa shape index (κ3) is 3.05. The second-order valence-electron chi connectivity index (χ2n) is 5.26. The molecule has 1 N–H and O–H groups in total. The van der Waals surface area contributed by atoms with Crippen molar-refractivity contribution < 1.29 is 13.7 Å². The number of alkyl halides is 1. The van der Waals surface area contributed by atoms with Crippen LogP contribution in [-0.2, 0) is 0 Å². The number of amides is 1. The number of carbonyl (C=O) groups excluding carboxylic acids is 1. The smallest absolute Gasteiger partial charge is 0.289 e. The quantitative estimate of drug-likeness (QED) is 0.911. The first kappa shape index (κ1) is 14.4. The number of nitrogens with one attached hydrogen (secondary N) is 1. The Morgan fingerprint density at radius 1 is 1.59 bits per heavy atom. The predicted molar refractivity (Wildman–Crippen MR) is 76.3 cm³/mol. The van der Waals surface area contributed by atoms with Gasteiger partial charge in [0.1, 0.15) is 6.17 Å². The third-order valence-corrected chi connectivity index (χ3v) is 3.57. The van der Waals surface area contributed by atoms with Crippen molar-refractivity contribution in [3.8, 4) is 0 Å². The normalized spacial score (nSPS) is 21.1. The lowest BCUT2D eigenvalue weighted by molar-refractivity contribution is 0.0914. The molecule has 116 valence electrons. The summed E-state index contributed by atoms with van der Waals surface area (Å²) in [6.07, 6.45) is 0.957. The van der Waals surface area contributed by atoms with Gasteiger partial charge in [-0.05, 0) is 19.1 Å². The van der Waals surface area contributed by atoms with Crippen molar-refractivity contribution in [3.05, 3.63) is 35.9 Å². The van der Waals surface area contributed by atoms with Crippen molar-refractivity contribution in [1.82, 2.24) is 20.7 Å². The van der Waals surface area contributed by atoms with E-state index in [1.807, 2.05) is 4.90 Å². The van der Waals surface area contributed by atoms with Gasteiger partial charge in [-0.25, -0.2) is 4.39 Å². The van der Waals surface area contributed by atoms with Crippen LogP contribution < -0.4 is 10.2 Å². The van der Waals surface area contributed by atoms with Crippen LogP contribution in [0.3, 0.4) is 0 Å². The minimum Gasteiger partial charge on any atom is -0.351 e. The molecule has 1 aliphatic rings. The molecule has 0 bridgehead atoms. The van der Waals surface area contributed by atoms with Crippen molar-refractivity contribution in [1.29, 1.82) is 0 Å². The summed E-state index contributed by atoms with van der Waals surface area (Å²) in [4.78, 5) is 13.8. The van der Waals surface area contributed by atoms with Crippen molar-refractivity contribution in [2.75, 3.05) is 18.0 Å². The van der Waals surface area contributed by atoms with Crippen molar-refractivity contribution >= 4 is 11.7 Å². The maximum Gasteiger partial charge on any atom is 0.289 e. The van der Waals surface area contributed by atoms with Crippen LogP contribution in [0.1, 0.15) is 22.7 Å². The van der Waals surface area contributed by atoms with E-state index in [2.05, 4.69) is 20.7 Å². The van der Waals surface area contributed by atoms with Crippen LogP contribution in [0.5, 0.6) is 0 Å². The van der Waals surface area contributed by atoms with E-state index in [0.717, 1.165) is 0 Å². The molecule has 2 aromatic rings. The van der Waals surface area contributed by atoms with E-state index in [0.29, 0.717) is 24.5 Å². The first-order chi connectivity index (χ1) is 10.6. The summed E-state index contributed by atoms with van der Waals surface area (Å²) in [7, 11) is 0. The average Bonchev–Trinajstić information content (AvgIpc) is 3.12. The molecule has 1 fully saturated rings. The Balaban J connectivity index is 1.64. The average molecular weight is 305 g/mol. The van der Waals surface area contributed by atoms with E-state index in [1.165, 1.54) is 0 Å². The van der Waals surface area contributed by atoms with E-state index in [-0.39, 0.29) is 24.3 Å². The van der Waals surface area contributed by atoms with E-state index in [1.54, 1.807) is 31.3 Å². The molecule has 0 spiro atoms. The molecular formula is C14H16FN5O2. The molecule has 3 heterocycles. The zero-order chi connectivity index (χ0) is 15.5. The Morgan fingerprint density at radius 3 is 3.14 bits per heavy atom. The highest BCUT2D eigenvalue weighted by Gasteiger charge is 2.33. The first-order valence-electron chi connectivity index (χ1n) is 7.03. The zero-order valence-corrected chi connectivity index (χ0v) is 12.1. The lowest BCUT2D eigenvalue weighted by atomic mass is 10.2. The van der Waals surface area contributed by atoms with Crippen molar-refractivity contribution in [2.45, 2.75) is 25.6 Å². The van der Waals surface area contributed by atoms with E-state index in [4.69, 9.17) is 4.52 Å². The SMILES string of the molecule is Cc1cc(C(=O)NC[C@@H]2C[C@H](F)CN2c2cccnn2)on1. The van der Waals surface area contributed by atoms with Gasteiger partial charge in [-0.1, -0.05) is 5.16 Å². The fourth-order valence-electron chi connectivity index (χ4n) is 2.55. The third-order valence-electron chi connectivity index (χ3n) is 3.57. The first-order valence-corrected chi connectivity index (χ1v) is 7.03. The highest BCUT2D eigenvalue weighted by atomic mass is 19.1. The van der Waals surface area contributed by atoms with E-state index in [9.17, 15) is 9.18 Å². The summed E-state index contributed by atoms with van der Waals surface area (Å²) < 4.78 is 18.6. The summed E-state index contributed by atoms with van der Waals surface area (Å²) >= 11 is 0. The second kappa shape index (κ2) is 6.08. The largest absolute Gasteiger partial charge is 0.351 e. The van der Waals surface area contributed by atoms with Crippen LogP contribution in [-0.4, -0.2) is 46.6 Å². The number of aryl methyl sites for hydroxylation is 1. The fraction of sp³-hybridized carbons (Fsp3) is 0.429. The zero-order valence-electron chi connectivity index (χ0n) is 12.1. The molecule has 3 rings (SSSR count). The highest BCUT2D eigenvalue weighted by molar-refractivity contribution is 5.91. The monoisotopic (exact) mass is 305 g/mol. The van der Waals surface area contributed by atoms with Gasteiger partial charge in [0.2, 0.25) is 5.76 Å². The number of hydrogen-bond donors (Lipinski definition) is 1. The lowest BCUT2D eigenvalue weighted by Gasteiger charge is -2.24. The fourth-order valence-corrected chi connectivity index (χ4v) is 2.55. The molecule has 0 saturated carbocycles. The van der Waals surface area contributed by atoms with Gasteiger partial charge in [0.15, 0.2) is 5.82 Å². The maximum atomic E-state index is 13.7. The molecule has 2 atom stereocenters. The molecule has 7 nitrogen and oxygen atoms in total. The van der Waals surface area contributed by atoms with Gasteiger partial charge in [0.25, 0.3) is 5.91 Å². The molecule has 1 amide bonds. The van der Waals surface area contributed by atoms with E-state index < -0.39 is 6.17 Å². The topological polar surface area (TPSA) is 84.2 Å². The summed E-state index contributed by atoms with van der Waals surface area (Å²) in [5.74, 6) is 0.401. The number of hydrogen-bond acceptors (Lipinski definition) is 6. The molecule has 8 heteroatoms. The molecule has 2 aromatic heterocycles. The van der Waals surface area contributed by atoms with Crippen LogP contribution in [0, 0.1) is 6.92 Å². The van der Waals surface area contributed by atoms with Crippen LogP contribution in [0.25, 0.3) is 0 Å². The van der Waals surface area contributed by atoms with Gasteiger partial charge in [0.05, 0.1) is 18.3 Å². The van der Waals surface area contributed by atoms with Gasteiger partial charge in [-0.3, -0.25) is 4.79 Å². The molecule has 1 saturated heterocycles. The van der Waals surface area contributed by atoms with Gasteiger partial charge in [-0.2, -0.15) is 5.10 Å². The molecule has 0 radical (unpaired) electrons. The lowest BCUT2D eigenvalue weighted by Crippen LogP contribution is -2.40. The van der Waals surface area contributed by atoms with Gasteiger partial charge in [0, 0.05) is 25.2 Å². The standard InChI is InChI=1S/C14H16FN5O2/c1-9-5-12(22-19-9)14(21)16-7-11-6-10(15)8-20(11)13-3-2-4-17-18-13/h2-5,10-11H,6-8H2,1H3,(H,16,21)/t10-,11-/m0/s1. The van der Waals surface area contributed by atoms with Crippen LogP contribution >= 0.6 is 0 Å². The van der Waals surface area contributed by atoms with Crippen LogP contribution in [0.15, 0.2) is 28.9 Å². The highest BCUT2D eigenvalue weighted by Crippen LogP contribution is 2.24. The molecule has 0 aromatic carbocycles. The molecule has 22 heavy (non-hydrogen) atoms. The van der Waals surface area contributed by atoms with Crippen LogP contribution in [0.4, 0.5) is 10.2 Å². The summed E-state index contributed by atoms with van der Waals surface area (Å²) in [6.45, 7) is 2.29. The Bertz CT molecular complexity index is 648. The molecule has 1 aliphatic heterocycles. The van der Waals surface area contributed by atoms with Gasteiger partial charge >= 0.3 is 0 Å². The summed E-state index contributed by atoms with van der Waals surface area (Å²) in [5, 5.41) is 14.2. The minimum atomic E-state index is -0.948. The van der Waals surface area contributed by atoms with Gasteiger partial charge in [-0.15, -0.1) is 5.10 Å². The Kier molecular flexibility index (Phi) is 3.99. The predicted octanol–water partition coefficient (Wildman–Crippen LogP) is 1.12. The minimum absolute atomic E-state index is 0.151. The van der Waals surface area contributed by atoms with Crippen LogP contribution in [0.2, 0.25) is 0 Å². The van der Waals surface area contributed by atoms with Gasteiger partial charge < -0.3 is 14.7 Å². The van der Waals surface area contributed by atoms with Crippen molar-refractivity contribution in [2.24, 2.45) is 0 Å². The maximum absolute atomic E-state index is 13.7. The Morgan fingerprint density at radius 2 is 2.45 bits per heavy atom. The molecule has 0 unspecified atom stereocenters. The number of nitrogens with zero attached hydrogens (tertiary/aromatic N) is 4. The molecular weight excluding hydrogens is 289 g/mol. The Hall–Kier alpha value is -2.51. The number of rotatable bonds is 4. The number of anilines is 1. The number of halogens is 1. The summed E-state index contributed by atoms with van der Waals surface area (Å²) in [5.41, 5.74) is 0.635. The van der Waals surface area contributed by atoms with E-state index >= 15 is 0 Å². The number of carbonyl (C=O) groups is 1. The number of aromatic nitrogens is 3. The second-order valence-corrected chi connectivity index (χ2v) is 5.26. The Labute approximate surface area is 126 Å². The van der Waals surface area contributed by atoms with Crippen molar-refractivity contribution in [3.63, 3.8) is 0 Å².